The minimum atomic E-state index is -0.392. The monoisotopic (exact) mass is 481 g/mol. The molecule has 35 heavy (non-hydrogen) atoms. The SMILES string of the molecule is CCOC(=O)c1cccc(NCCCC(C(=O)O[C@H]2CN3CCC2CC3)c2ccc(OC)nc2)c1. The summed E-state index contributed by atoms with van der Waals surface area (Å²) in [6.07, 6.45) is 5.25. The van der Waals surface area contributed by atoms with Gasteiger partial charge in [0, 0.05) is 31.0 Å². The Morgan fingerprint density at radius 2 is 2.03 bits per heavy atom. The summed E-state index contributed by atoms with van der Waals surface area (Å²) in [7, 11) is 1.57. The van der Waals surface area contributed by atoms with Crippen molar-refractivity contribution in [1.29, 1.82) is 0 Å². The number of rotatable bonds is 11. The largest absolute Gasteiger partial charge is 0.481 e. The average Bonchev–Trinajstić information content (AvgIpc) is 2.90. The summed E-state index contributed by atoms with van der Waals surface area (Å²) in [5.74, 6) is 0.0728. The number of fused-ring (bicyclic) bond motifs is 3. The van der Waals surface area contributed by atoms with Gasteiger partial charge in [0.2, 0.25) is 5.88 Å². The highest BCUT2D eigenvalue weighted by molar-refractivity contribution is 5.90. The van der Waals surface area contributed by atoms with Crippen LogP contribution in [0, 0.1) is 5.92 Å². The summed E-state index contributed by atoms with van der Waals surface area (Å²) in [5, 5.41) is 3.35. The Hall–Kier alpha value is -3.13. The van der Waals surface area contributed by atoms with Crippen molar-refractivity contribution in [2.75, 3.05) is 45.2 Å². The van der Waals surface area contributed by atoms with Crippen LogP contribution in [-0.4, -0.2) is 67.8 Å². The molecule has 0 spiro atoms. The third kappa shape index (κ3) is 6.51. The van der Waals surface area contributed by atoms with Crippen LogP contribution in [0.2, 0.25) is 0 Å². The maximum Gasteiger partial charge on any atom is 0.338 e. The zero-order valence-electron chi connectivity index (χ0n) is 20.6. The van der Waals surface area contributed by atoms with Crippen LogP contribution < -0.4 is 10.1 Å². The Balaban J connectivity index is 1.37. The number of methoxy groups -OCH3 is 1. The zero-order valence-corrected chi connectivity index (χ0v) is 20.6. The van der Waals surface area contributed by atoms with E-state index in [0.29, 0.717) is 36.9 Å². The highest BCUT2D eigenvalue weighted by atomic mass is 16.5. The number of nitrogens with zero attached hydrogens (tertiary/aromatic N) is 2. The highest BCUT2D eigenvalue weighted by Crippen LogP contribution is 2.32. The average molecular weight is 482 g/mol. The van der Waals surface area contributed by atoms with Gasteiger partial charge in [-0.15, -0.1) is 0 Å². The van der Waals surface area contributed by atoms with Gasteiger partial charge in [-0.3, -0.25) is 9.69 Å². The molecule has 3 fully saturated rings. The second-order valence-corrected chi connectivity index (χ2v) is 9.17. The molecule has 3 aliphatic heterocycles. The number of carbonyl (C=O) groups is 2. The number of piperidine rings is 3. The van der Waals surface area contributed by atoms with Crippen molar-refractivity contribution < 1.29 is 23.8 Å². The van der Waals surface area contributed by atoms with E-state index in [0.717, 1.165) is 50.1 Å². The van der Waals surface area contributed by atoms with Crippen LogP contribution in [0.1, 0.15) is 54.4 Å². The van der Waals surface area contributed by atoms with Crippen LogP contribution in [-0.2, 0) is 14.3 Å². The third-order valence-electron chi connectivity index (χ3n) is 6.89. The van der Waals surface area contributed by atoms with Crippen LogP contribution in [0.15, 0.2) is 42.6 Å². The first-order chi connectivity index (χ1) is 17.1. The van der Waals surface area contributed by atoms with Gasteiger partial charge < -0.3 is 19.5 Å². The maximum atomic E-state index is 13.3. The van der Waals surface area contributed by atoms with Gasteiger partial charge in [0.05, 0.1) is 25.2 Å². The molecule has 5 rings (SSSR count). The summed E-state index contributed by atoms with van der Waals surface area (Å²) in [6.45, 7) is 5.83. The first-order valence-electron chi connectivity index (χ1n) is 12.5. The van der Waals surface area contributed by atoms with E-state index in [4.69, 9.17) is 14.2 Å². The number of nitrogens with one attached hydrogen (secondary N) is 1. The molecule has 2 bridgehead atoms. The molecule has 188 valence electrons. The Morgan fingerprint density at radius 1 is 1.20 bits per heavy atom. The van der Waals surface area contributed by atoms with Crippen molar-refractivity contribution in [2.45, 2.75) is 44.6 Å². The molecule has 0 radical (unpaired) electrons. The van der Waals surface area contributed by atoms with Crippen molar-refractivity contribution in [3.63, 3.8) is 0 Å². The molecule has 1 aromatic carbocycles. The second kappa shape index (κ2) is 12.0. The molecule has 2 aromatic rings. The fourth-order valence-electron chi connectivity index (χ4n) is 4.92. The summed E-state index contributed by atoms with van der Waals surface area (Å²) >= 11 is 0. The van der Waals surface area contributed by atoms with E-state index in [1.165, 1.54) is 0 Å². The van der Waals surface area contributed by atoms with Crippen LogP contribution in [0.3, 0.4) is 0 Å². The van der Waals surface area contributed by atoms with Gasteiger partial charge >= 0.3 is 11.9 Å². The van der Waals surface area contributed by atoms with Crippen LogP contribution in [0.5, 0.6) is 5.88 Å². The zero-order chi connectivity index (χ0) is 24.6. The lowest BCUT2D eigenvalue weighted by Gasteiger charge is -2.44. The number of hydrogen-bond acceptors (Lipinski definition) is 8. The van der Waals surface area contributed by atoms with E-state index in [-0.39, 0.29) is 18.0 Å². The predicted octanol–water partition coefficient (Wildman–Crippen LogP) is 3.88. The molecule has 0 saturated carbocycles. The van der Waals surface area contributed by atoms with Crippen molar-refractivity contribution in [3.05, 3.63) is 53.7 Å². The lowest BCUT2D eigenvalue weighted by molar-refractivity contribution is -0.160. The van der Waals surface area contributed by atoms with Crippen LogP contribution in [0.4, 0.5) is 5.69 Å². The molecule has 3 aliphatic rings. The number of benzene rings is 1. The Morgan fingerprint density at radius 3 is 2.69 bits per heavy atom. The molecule has 4 heterocycles. The van der Waals surface area contributed by atoms with Gasteiger partial charge in [0.1, 0.15) is 6.10 Å². The van der Waals surface area contributed by atoms with Crippen molar-refractivity contribution in [2.24, 2.45) is 5.92 Å². The van der Waals surface area contributed by atoms with Crippen molar-refractivity contribution in [1.82, 2.24) is 9.88 Å². The first kappa shape index (κ1) is 25.0. The minimum Gasteiger partial charge on any atom is -0.481 e. The minimum absolute atomic E-state index is 0.0255. The molecule has 1 N–H and O–H groups in total. The molecule has 1 aromatic heterocycles. The fourth-order valence-corrected chi connectivity index (χ4v) is 4.92. The lowest BCUT2D eigenvalue weighted by atomic mass is 9.85. The lowest BCUT2D eigenvalue weighted by Crippen LogP contribution is -2.52. The molecule has 1 unspecified atom stereocenters. The number of esters is 2. The number of hydrogen-bond donors (Lipinski definition) is 1. The Bertz CT molecular complexity index is 989. The number of ether oxygens (including phenoxy) is 3. The molecule has 2 atom stereocenters. The normalized spacial score (nSPS) is 21.7. The molecule has 8 heteroatoms. The van der Waals surface area contributed by atoms with Gasteiger partial charge in [-0.25, -0.2) is 9.78 Å². The third-order valence-corrected chi connectivity index (χ3v) is 6.89. The van der Waals surface area contributed by atoms with E-state index >= 15 is 0 Å². The smallest absolute Gasteiger partial charge is 0.338 e. The molecule has 3 saturated heterocycles. The van der Waals surface area contributed by atoms with E-state index < -0.39 is 5.92 Å². The standard InChI is InChI=1S/C27H35N3O5/c1-3-34-26(31)20-6-4-7-22(16-20)28-13-5-8-23(21-9-10-25(33-2)29-17-21)27(32)35-24-18-30-14-11-19(24)12-15-30/h4,6-7,9-10,16-17,19,23-24,28H,3,5,8,11-15,18H2,1-2H3/t23?,24-/m0/s1. The second-order valence-electron chi connectivity index (χ2n) is 9.17. The first-order valence-corrected chi connectivity index (χ1v) is 12.5. The highest BCUT2D eigenvalue weighted by Gasteiger charge is 2.37. The van der Waals surface area contributed by atoms with Crippen LogP contribution >= 0.6 is 0 Å². The summed E-state index contributed by atoms with van der Waals surface area (Å²) in [6, 6.07) is 10.9. The molecule has 0 amide bonds. The number of pyridine rings is 1. The van der Waals surface area contributed by atoms with Gasteiger partial charge in [-0.05, 0) is 75.4 Å². The van der Waals surface area contributed by atoms with E-state index in [9.17, 15) is 9.59 Å². The van der Waals surface area contributed by atoms with Gasteiger partial charge in [-0.1, -0.05) is 12.1 Å². The Labute approximate surface area is 207 Å². The summed E-state index contributed by atoms with van der Waals surface area (Å²) < 4.78 is 16.3. The van der Waals surface area contributed by atoms with E-state index in [2.05, 4.69) is 15.2 Å². The number of aromatic nitrogens is 1. The van der Waals surface area contributed by atoms with E-state index in [1.54, 1.807) is 38.4 Å². The fraction of sp³-hybridized carbons (Fsp3) is 0.519. The van der Waals surface area contributed by atoms with Crippen LogP contribution in [0.25, 0.3) is 0 Å². The van der Waals surface area contributed by atoms with Crippen molar-refractivity contribution >= 4 is 17.6 Å². The topological polar surface area (TPSA) is 90.0 Å². The quantitative estimate of drug-likeness (QED) is 0.382. The van der Waals surface area contributed by atoms with Gasteiger partial charge in [-0.2, -0.15) is 0 Å². The van der Waals surface area contributed by atoms with E-state index in [1.807, 2.05) is 18.2 Å². The molecular weight excluding hydrogens is 446 g/mol. The summed E-state index contributed by atoms with van der Waals surface area (Å²) in [5.41, 5.74) is 2.19. The van der Waals surface area contributed by atoms with Gasteiger partial charge in [0.15, 0.2) is 0 Å². The Kier molecular flexibility index (Phi) is 8.58. The molecule has 0 aliphatic carbocycles. The number of carbonyl (C=O) groups excluding carboxylic acids is 2. The summed E-state index contributed by atoms with van der Waals surface area (Å²) in [4.78, 5) is 32.0. The predicted molar refractivity (Wildman–Crippen MR) is 133 cm³/mol. The molecular formula is C27H35N3O5. The number of anilines is 1. The molecule has 8 nitrogen and oxygen atoms in total. The maximum absolute atomic E-state index is 13.3. The van der Waals surface area contributed by atoms with Gasteiger partial charge in [0.25, 0.3) is 0 Å². The van der Waals surface area contributed by atoms with Crippen molar-refractivity contribution in [3.8, 4) is 5.88 Å².